The van der Waals surface area contributed by atoms with Crippen LogP contribution >= 0.6 is 0 Å². The molecule has 0 fully saturated rings. The van der Waals surface area contributed by atoms with E-state index in [1.54, 1.807) is 0 Å². The number of nitrogens with two attached hydrogens (primary N) is 1. The number of hydrogen-bond donors (Lipinski definition) is 2. The minimum atomic E-state index is -1.21. The van der Waals surface area contributed by atoms with Gasteiger partial charge in [0.1, 0.15) is 11.9 Å². The molecule has 4 rings (SSSR count). The average Bonchev–Trinajstić information content (AvgIpc) is 3.09. The molecule has 1 atom stereocenters. The van der Waals surface area contributed by atoms with Gasteiger partial charge in [-0.15, -0.1) is 0 Å². The fourth-order valence-corrected chi connectivity index (χ4v) is 3.55. The summed E-state index contributed by atoms with van der Waals surface area (Å²) in [6.45, 7) is -0.688. The Kier molecular flexibility index (Phi) is 5.20. The van der Waals surface area contributed by atoms with E-state index >= 15 is 0 Å². The number of aliphatic carboxylic acids is 1. The summed E-state index contributed by atoms with van der Waals surface area (Å²) in [6, 6.07) is 19.1. The molecule has 0 bridgehead atoms. The molecule has 3 aromatic carbocycles. The van der Waals surface area contributed by atoms with Crippen molar-refractivity contribution in [3.63, 3.8) is 0 Å². The Morgan fingerprint density at radius 3 is 2.57 bits per heavy atom. The smallest absolute Gasteiger partial charge is 0.341 e. The molecule has 0 amide bonds. The number of hydrogen-bond acceptors (Lipinski definition) is 5. The van der Waals surface area contributed by atoms with Crippen molar-refractivity contribution in [2.24, 2.45) is 12.8 Å². The second kappa shape index (κ2) is 7.96. The van der Waals surface area contributed by atoms with Crippen LogP contribution < -0.4 is 5.73 Å². The molecule has 7 heteroatoms. The number of carbonyl (C=O) groups excluding carboxylic acids is 1. The Morgan fingerprint density at radius 2 is 1.83 bits per heavy atom. The van der Waals surface area contributed by atoms with Gasteiger partial charge in [0.25, 0.3) is 0 Å². The second-order valence-electron chi connectivity index (χ2n) is 7.16. The third-order valence-corrected chi connectivity index (χ3v) is 5.08. The first kappa shape index (κ1) is 19.6. The zero-order valence-corrected chi connectivity index (χ0v) is 16.4. The van der Waals surface area contributed by atoms with E-state index in [1.807, 2.05) is 43.4 Å². The van der Waals surface area contributed by atoms with Crippen molar-refractivity contribution in [2.45, 2.75) is 12.5 Å². The van der Waals surface area contributed by atoms with Crippen molar-refractivity contribution in [1.29, 1.82) is 0 Å². The summed E-state index contributed by atoms with van der Waals surface area (Å²) in [7, 11) is 1.99. The van der Waals surface area contributed by atoms with Crippen LogP contribution in [0.25, 0.3) is 33.2 Å². The maximum atomic E-state index is 11.8. The van der Waals surface area contributed by atoms with Crippen molar-refractivity contribution < 1.29 is 19.4 Å². The second-order valence-corrected chi connectivity index (χ2v) is 7.16. The van der Waals surface area contributed by atoms with Gasteiger partial charge in [0.15, 0.2) is 6.61 Å². The van der Waals surface area contributed by atoms with E-state index in [0.717, 1.165) is 38.8 Å². The first-order valence-electron chi connectivity index (χ1n) is 9.51. The number of carboxylic acids is 1. The molecule has 0 saturated carbocycles. The van der Waals surface area contributed by atoms with Crippen LogP contribution in [0.5, 0.6) is 0 Å². The Balaban J connectivity index is 1.58. The highest BCUT2D eigenvalue weighted by Crippen LogP contribution is 2.29. The Labute approximate surface area is 172 Å². The number of imidazole rings is 1. The topological polar surface area (TPSA) is 107 Å². The minimum Gasteiger partial charge on any atom is -0.479 e. The van der Waals surface area contributed by atoms with Crippen LogP contribution in [0, 0.1) is 0 Å². The molecule has 0 saturated heterocycles. The van der Waals surface area contributed by atoms with Crippen molar-refractivity contribution in [3.8, 4) is 11.4 Å². The molecule has 152 valence electrons. The molecule has 1 heterocycles. The van der Waals surface area contributed by atoms with Gasteiger partial charge >= 0.3 is 11.9 Å². The van der Waals surface area contributed by atoms with E-state index in [2.05, 4.69) is 33.6 Å². The summed E-state index contributed by atoms with van der Waals surface area (Å²) in [5, 5.41) is 10.8. The van der Waals surface area contributed by atoms with E-state index in [9.17, 15) is 9.59 Å². The molecule has 0 aliphatic rings. The number of ether oxygens (including phenoxy) is 1. The summed E-state index contributed by atoms with van der Waals surface area (Å²) >= 11 is 0. The quantitative estimate of drug-likeness (QED) is 0.479. The Bertz CT molecular complexity index is 1240. The van der Waals surface area contributed by atoms with Crippen molar-refractivity contribution in [1.82, 2.24) is 9.55 Å². The lowest BCUT2D eigenvalue weighted by Crippen LogP contribution is -2.35. The number of aryl methyl sites for hydroxylation is 1. The summed E-state index contributed by atoms with van der Waals surface area (Å²) in [4.78, 5) is 27.1. The largest absolute Gasteiger partial charge is 0.479 e. The summed E-state index contributed by atoms with van der Waals surface area (Å²) in [5.41, 5.74) is 9.63. The first-order chi connectivity index (χ1) is 14.4. The van der Waals surface area contributed by atoms with E-state index in [4.69, 9.17) is 15.8 Å². The zero-order valence-electron chi connectivity index (χ0n) is 16.4. The summed E-state index contributed by atoms with van der Waals surface area (Å²) < 4.78 is 6.70. The van der Waals surface area contributed by atoms with Gasteiger partial charge < -0.3 is 20.1 Å². The van der Waals surface area contributed by atoms with Gasteiger partial charge in [-0.3, -0.25) is 4.79 Å². The highest BCUT2D eigenvalue weighted by Gasteiger charge is 2.17. The minimum absolute atomic E-state index is 0.256. The first-order valence-corrected chi connectivity index (χ1v) is 9.51. The molecule has 0 aliphatic heterocycles. The van der Waals surface area contributed by atoms with Crippen molar-refractivity contribution >= 4 is 33.7 Å². The fraction of sp³-hybridized carbons (Fsp3) is 0.174. The number of benzene rings is 3. The van der Waals surface area contributed by atoms with Gasteiger partial charge in [0, 0.05) is 18.0 Å². The molecular weight excluding hydrogens is 382 g/mol. The number of carboxylic acid groups (broad SMARTS) is 1. The third kappa shape index (κ3) is 3.75. The number of fused-ring (bicyclic) bond motifs is 3. The highest BCUT2D eigenvalue weighted by molar-refractivity contribution is 6.05. The highest BCUT2D eigenvalue weighted by atomic mass is 16.5. The number of aromatic nitrogens is 2. The molecule has 7 nitrogen and oxygen atoms in total. The number of esters is 1. The van der Waals surface area contributed by atoms with Crippen LogP contribution in [-0.4, -0.2) is 39.2 Å². The fourth-order valence-electron chi connectivity index (χ4n) is 3.55. The Morgan fingerprint density at radius 1 is 1.10 bits per heavy atom. The lowest BCUT2D eigenvalue weighted by atomic mass is 10.0. The number of carbonyl (C=O) groups is 2. The number of rotatable bonds is 6. The molecule has 30 heavy (non-hydrogen) atoms. The van der Waals surface area contributed by atoms with Crippen LogP contribution in [0.15, 0.2) is 60.7 Å². The van der Waals surface area contributed by atoms with E-state index in [-0.39, 0.29) is 6.42 Å². The van der Waals surface area contributed by atoms with E-state index in [0.29, 0.717) is 0 Å². The molecule has 0 radical (unpaired) electrons. The molecule has 0 unspecified atom stereocenters. The standard InChI is InChI=1S/C23H21N3O4/c1-26-19-11-10-15-4-2-3-5-17(15)21(19)25-22(26)16-8-6-14(7-9-16)12-18(24)23(29)30-13-20(27)28/h2-11,18H,12-13,24H2,1H3,(H,27,28)/t18-/m0/s1. The molecule has 3 N–H and O–H groups in total. The van der Waals surface area contributed by atoms with Crippen LogP contribution in [0.2, 0.25) is 0 Å². The molecule has 1 aromatic heterocycles. The van der Waals surface area contributed by atoms with E-state index < -0.39 is 24.6 Å². The van der Waals surface area contributed by atoms with E-state index in [1.165, 1.54) is 0 Å². The maximum Gasteiger partial charge on any atom is 0.341 e. The maximum absolute atomic E-state index is 11.8. The van der Waals surface area contributed by atoms with Crippen LogP contribution in [0.3, 0.4) is 0 Å². The predicted octanol–water partition coefficient (Wildman–Crippen LogP) is 2.89. The van der Waals surface area contributed by atoms with Gasteiger partial charge in [-0.25, -0.2) is 9.78 Å². The zero-order chi connectivity index (χ0) is 21.3. The Hall–Kier alpha value is -3.71. The molecule has 0 aliphatic carbocycles. The monoisotopic (exact) mass is 403 g/mol. The molecule has 0 spiro atoms. The average molecular weight is 403 g/mol. The van der Waals surface area contributed by atoms with Gasteiger partial charge in [0.05, 0.1) is 11.0 Å². The van der Waals surface area contributed by atoms with Gasteiger partial charge in [-0.1, -0.05) is 54.6 Å². The number of nitrogens with zero attached hydrogens (tertiary/aromatic N) is 2. The third-order valence-electron chi connectivity index (χ3n) is 5.08. The summed E-state index contributed by atoms with van der Waals surface area (Å²) in [6.07, 6.45) is 0.256. The van der Waals surface area contributed by atoms with Crippen molar-refractivity contribution in [2.75, 3.05) is 6.61 Å². The molecule has 4 aromatic rings. The normalized spacial score (nSPS) is 12.2. The lowest BCUT2D eigenvalue weighted by molar-refractivity contribution is -0.155. The van der Waals surface area contributed by atoms with Gasteiger partial charge in [0.2, 0.25) is 0 Å². The predicted molar refractivity (Wildman–Crippen MR) is 114 cm³/mol. The summed E-state index contributed by atoms with van der Waals surface area (Å²) in [5.74, 6) is -1.10. The lowest BCUT2D eigenvalue weighted by Gasteiger charge is -2.11. The molecular formula is C23H21N3O4. The van der Waals surface area contributed by atoms with Crippen LogP contribution in [-0.2, 0) is 27.8 Å². The van der Waals surface area contributed by atoms with Gasteiger partial charge in [-0.2, -0.15) is 0 Å². The van der Waals surface area contributed by atoms with Gasteiger partial charge in [-0.05, 0) is 23.4 Å². The SMILES string of the molecule is Cn1c(-c2ccc(C[C@H](N)C(=O)OCC(=O)O)cc2)nc2c3ccccc3ccc21. The van der Waals surface area contributed by atoms with Crippen LogP contribution in [0.4, 0.5) is 0 Å². The van der Waals surface area contributed by atoms with Crippen molar-refractivity contribution in [3.05, 3.63) is 66.2 Å². The van der Waals surface area contributed by atoms with Crippen LogP contribution in [0.1, 0.15) is 5.56 Å².